The zero-order valence-electron chi connectivity index (χ0n) is 11.0. The molecular formula is C13H20N2O3. The maximum Gasteiger partial charge on any atom is 0.319 e. The Labute approximate surface area is 107 Å². The van der Waals surface area contributed by atoms with Crippen molar-refractivity contribution in [3.05, 3.63) is 29.3 Å². The van der Waals surface area contributed by atoms with Crippen molar-refractivity contribution >= 4 is 11.7 Å². The summed E-state index contributed by atoms with van der Waals surface area (Å²) in [4.78, 5) is 11.5. The van der Waals surface area contributed by atoms with Crippen molar-refractivity contribution in [3.8, 4) is 0 Å². The molecule has 0 saturated carbocycles. The van der Waals surface area contributed by atoms with Crippen molar-refractivity contribution in [1.29, 1.82) is 0 Å². The molecule has 1 aromatic rings. The molecular weight excluding hydrogens is 232 g/mol. The third kappa shape index (κ3) is 4.73. The van der Waals surface area contributed by atoms with E-state index in [1.54, 1.807) is 0 Å². The highest BCUT2D eigenvalue weighted by molar-refractivity contribution is 5.89. The van der Waals surface area contributed by atoms with E-state index < -0.39 is 6.10 Å². The van der Waals surface area contributed by atoms with Gasteiger partial charge in [-0.05, 0) is 37.1 Å². The number of aliphatic hydroxyl groups excluding tert-OH is 1. The fourth-order valence-electron chi connectivity index (χ4n) is 1.46. The quantitative estimate of drug-likeness (QED) is 0.742. The van der Waals surface area contributed by atoms with Crippen LogP contribution in [0.25, 0.3) is 0 Å². The summed E-state index contributed by atoms with van der Waals surface area (Å²) in [7, 11) is 1.50. The number of urea groups is 1. The normalized spacial score (nSPS) is 12.0. The van der Waals surface area contributed by atoms with Crippen molar-refractivity contribution < 1.29 is 14.6 Å². The Morgan fingerprint density at radius 2 is 2.11 bits per heavy atom. The topological polar surface area (TPSA) is 70.6 Å². The number of carbonyl (C=O) groups excluding carboxylic acids is 1. The van der Waals surface area contributed by atoms with E-state index in [1.807, 2.05) is 32.0 Å². The van der Waals surface area contributed by atoms with Gasteiger partial charge in [-0.25, -0.2) is 4.79 Å². The second-order valence-electron chi connectivity index (χ2n) is 4.24. The molecule has 0 fully saturated rings. The first-order valence-corrected chi connectivity index (χ1v) is 5.82. The lowest BCUT2D eigenvalue weighted by Gasteiger charge is -2.12. The van der Waals surface area contributed by atoms with Crippen LogP contribution >= 0.6 is 0 Å². The van der Waals surface area contributed by atoms with Gasteiger partial charge in [0.05, 0.1) is 12.7 Å². The molecule has 100 valence electrons. The molecule has 1 atom stereocenters. The minimum Gasteiger partial charge on any atom is -0.389 e. The van der Waals surface area contributed by atoms with Crippen LogP contribution in [0, 0.1) is 13.8 Å². The number of aryl methyl sites for hydroxylation is 2. The number of hydrogen-bond acceptors (Lipinski definition) is 3. The lowest BCUT2D eigenvalue weighted by Crippen LogP contribution is -2.37. The van der Waals surface area contributed by atoms with Crippen molar-refractivity contribution in [2.45, 2.75) is 20.0 Å². The third-order valence-electron chi connectivity index (χ3n) is 2.62. The number of carbonyl (C=O) groups is 1. The summed E-state index contributed by atoms with van der Waals surface area (Å²) < 4.78 is 4.76. The minimum atomic E-state index is -0.694. The molecule has 0 aliphatic carbocycles. The number of methoxy groups -OCH3 is 1. The van der Waals surface area contributed by atoms with Gasteiger partial charge < -0.3 is 20.5 Å². The van der Waals surface area contributed by atoms with Gasteiger partial charge in [-0.3, -0.25) is 0 Å². The summed E-state index contributed by atoms with van der Waals surface area (Å²) >= 11 is 0. The Kier molecular flexibility index (Phi) is 5.61. The second-order valence-corrected chi connectivity index (χ2v) is 4.24. The molecule has 1 unspecified atom stereocenters. The fraction of sp³-hybridized carbons (Fsp3) is 0.462. The molecule has 5 nitrogen and oxygen atoms in total. The molecule has 0 heterocycles. The SMILES string of the molecule is COCC(O)CNC(=O)Nc1ccc(C)c(C)c1. The van der Waals surface area contributed by atoms with Gasteiger partial charge in [0.1, 0.15) is 0 Å². The summed E-state index contributed by atoms with van der Waals surface area (Å²) in [5, 5.41) is 14.7. The molecule has 0 aliphatic heterocycles. The molecule has 18 heavy (non-hydrogen) atoms. The van der Waals surface area contributed by atoms with Crippen LogP contribution in [0.15, 0.2) is 18.2 Å². The van der Waals surface area contributed by atoms with E-state index in [9.17, 15) is 9.90 Å². The number of amides is 2. The van der Waals surface area contributed by atoms with E-state index in [2.05, 4.69) is 10.6 Å². The summed E-state index contributed by atoms with van der Waals surface area (Å²) in [6.45, 7) is 4.36. The molecule has 0 radical (unpaired) electrons. The highest BCUT2D eigenvalue weighted by Gasteiger charge is 2.06. The minimum absolute atomic E-state index is 0.157. The van der Waals surface area contributed by atoms with Crippen LogP contribution in [0.5, 0.6) is 0 Å². The molecule has 0 aromatic heterocycles. The van der Waals surface area contributed by atoms with E-state index in [4.69, 9.17) is 4.74 Å². The maximum absolute atomic E-state index is 11.5. The molecule has 0 aliphatic rings. The van der Waals surface area contributed by atoms with Crippen LogP contribution in [0.2, 0.25) is 0 Å². The summed E-state index contributed by atoms with van der Waals surface area (Å²) in [6.07, 6.45) is -0.694. The van der Waals surface area contributed by atoms with Crippen molar-refractivity contribution in [3.63, 3.8) is 0 Å². The number of rotatable bonds is 5. The summed E-state index contributed by atoms with van der Waals surface area (Å²) in [6, 6.07) is 5.35. The molecule has 0 bridgehead atoms. The number of aliphatic hydroxyl groups is 1. The zero-order chi connectivity index (χ0) is 13.5. The smallest absolute Gasteiger partial charge is 0.319 e. The van der Waals surface area contributed by atoms with Crippen LogP contribution in [0.4, 0.5) is 10.5 Å². The Bertz CT molecular complexity index is 407. The third-order valence-corrected chi connectivity index (χ3v) is 2.62. The van der Waals surface area contributed by atoms with E-state index in [0.717, 1.165) is 11.3 Å². The Morgan fingerprint density at radius 3 is 2.72 bits per heavy atom. The molecule has 1 aromatic carbocycles. The van der Waals surface area contributed by atoms with Crippen LogP contribution in [0.3, 0.4) is 0 Å². The average molecular weight is 252 g/mol. The van der Waals surface area contributed by atoms with Crippen LogP contribution in [-0.4, -0.2) is 37.5 Å². The maximum atomic E-state index is 11.5. The first kappa shape index (κ1) is 14.5. The molecule has 0 spiro atoms. The number of hydrogen-bond donors (Lipinski definition) is 3. The molecule has 5 heteroatoms. The predicted molar refractivity (Wildman–Crippen MR) is 70.8 cm³/mol. The Morgan fingerprint density at radius 1 is 1.39 bits per heavy atom. The van der Waals surface area contributed by atoms with Gasteiger partial charge in [0.25, 0.3) is 0 Å². The van der Waals surface area contributed by atoms with Crippen LogP contribution in [-0.2, 0) is 4.74 Å². The number of ether oxygens (including phenoxy) is 1. The highest BCUT2D eigenvalue weighted by atomic mass is 16.5. The van der Waals surface area contributed by atoms with E-state index in [-0.39, 0.29) is 19.2 Å². The predicted octanol–water partition coefficient (Wildman–Crippen LogP) is 1.43. The summed E-state index contributed by atoms with van der Waals surface area (Å²) in [5.74, 6) is 0. The van der Waals surface area contributed by atoms with E-state index in [0.29, 0.717) is 0 Å². The van der Waals surface area contributed by atoms with E-state index >= 15 is 0 Å². The number of benzene rings is 1. The van der Waals surface area contributed by atoms with Crippen molar-refractivity contribution in [2.24, 2.45) is 0 Å². The highest BCUT2D eigenvalue weighted by Crippen LogP contribution is 2.13. The standard InChI is InChI=1S/C13H20N2O3/c1-9-4-5-11(6-10(9)2)15-13(17)14-7-12(16)8-18-3/h4-6,12,16H,7-8H2,1-3H3,(H2,14,15,17). The van der Waals surface area contributed by atoms with Gasteiger partial charge in [-0.15, -0.1) is 0 Å². The first-order valence-electron chi connectivity index (χ1n) is 5.82. The number of nitrogens with one attached hydrogen (secondary N) is 2. The lowest BCUT2D eigenvalue weighted by molar-refractivity contribution is 0.0663. The number of anilines is 1. The first-order chi connectivity index (χ1) is 8.52. The van der Waals surface area contributed by atoms with Gasteiger partial charge in [0.2, 0.25) is 0 Å². The van der Waals surface area contributed by atoms with Crippen molar-refractivity contribution in [2.75, 3.05) is 25.6 Å². The fourth-order valence-corrected chi connectivity index (χ4v) is 1.46. The molecule has 0 saturated heterocycles. The zero-order valence-corrected chi connectivity index (χ0v) is 11.0. The second kappa shape index (κ2) is 6.98. The average Bonchev–Trinajstić information content (AvgIpc) is 2.32. The Hall–Kier alpha value is -1.59. The monoisotopic (exact) mass is 252 g/mol. The van der Waals surface area contributed by atoms with Gasteiger partial charge in [-0.2, -0.15) is 0 Å². The van der Waals surface area contributed by atoms with E-state index in [1.165, 1.54) is 12.7 Å². The van der Waals surface area contributed by atoms with Gasteiger partial charge in [0.15, 0.2) is 0 Å². The van der Waals surface area contributed by atoms with Crippen molar-refractivity contribution in [1.82, 2.24) is 5.32 Å². The van der Waals surface area contributed by atoms with Crippen LogP contribution in [0.1, 0.15) is 11.1 Å². The molecule has 2 amide bonds. The van der Waals surface area contributed by atoms with Gasteiger partial charge >= 0.3 is 6.03 Å². The summed E-state index contributed by atoms with van der Waals surface area (Å²) in [5.41, 5.74) is 3.03. The van der Waals surface area contributed by atoms with Crippen LogP contribution < -0.4 is 10.6 Å². The lowest BCUT2D eigenvalue weighted by atomic mass is 10.1. The van der Waals surface area contributed by atoms with Gasteiger partial charge in [-0.1, -0.05) is 6.07 Å². The van der Waals surface area contributed by atoms with Gasteiger partial charge in [0, 0.05) is 19.3 Å². The molecule has 1 rings (SSSR count). The largest absolute Gasteiger partial charge is 0.389 e. The Balaban J connectivity index is 2.42. The molecule has 3 N–H and O–H groups in total.